The van der Waals surface area contributed by atoms with Crippen molar-refractivity contribution in [1.29, 1.82) is 0 Å². The molecule has 2 heterocycles. The summed E-state index contributed by atoms with van der Waals surface area (Å²) in [7, 11) is 1.72. The molecule has 16 heavy (non-hydrogen) atoms. The Hall–Kier alpha value is -0.930. The van der Waals surface area contributed by atoms with E-state index in [4.69, 9.17) is 9.47 Å². The van der Waals surface area contributed by atoms with E-state index in [0.717, 1.165) is 31.2 Å². The fraction of sp³-hybridized carbons (Fsp3) is 0.500. The van der Waals surface area contributed by atoms with Gasteiger partial charge in [-0.1, -0.05) is 6.07 Å². The first-order valence-electron chi connectivity index (χ1n) is 5.40. The van der Waals surface area contributed by atoms with Gasteiger partial charge in [-0.15, -0.1) is 12.4 Å². The molecule has 2 aliphatic rings. The number of methoxy groups -OCH3 is 1. The standard InChI is InChI=1S/C12H15NO2.ClH/c1-14-10-3-2-4-11-12(10)9-6-13-5-8(9)7-15-11;/h2-4,8-9,13H,5-7H2,1H3;1H/t8-,9+;/m1./s1. The maximum absolute atomic E-state index is 5.76. The molecule has 0 radical (unpaired) electrons. The van der Waals surface area contributed by atoms with Gasteiger partial charge in [0.25, 0.3) is 0 Å². The van der Waals surface area contributed by atoms with Gasteiger partial charge in [-0.2, -0.15) is 0 Å². The molecule has 1 saturated heterocycles. The largest absolute Gasteiger partial charge is 0.496 e. The van der Waals surface area contributed by atoms with Gasteiger partial charge in [0.2, 0.25) is 0 Å². The van der Waals surface area contributed by atoms with Gasteiger partial charge < -0.3 is 14.8 Å². The number of nitrogens with one attached hydrogen (secondary N) is 1. The van der Waals surface area contributed by atoms with E-state index in [1.54, 1.807) is 7.11 Å². The van der Waals surface area contributed by atoms with Crippen molar-refractivity contribution in [3.63, 3.8) is 0 Å². The van der Waals surface area contributed by atoms with Crippen molar-refractivity contribution in [2.45, 2.75) is 5.92 Å². The van der Waals surface area contributed by atoms with Gasteiger partial charge in [-0.3, -0.25) is 0 Å². The van der Waals surface area contributed by atoms with Crippen LogP contribution < -0.4 is 14.8 Å². The van der Waals surface area contributed by atoms with Crippen molar-refractivity contribution in [1.82, 2.24) is 5.32 Å². The van der Waals surface area contributed by atoms with Crippen molar-refractivity contribution in [3.8, 4) is 11.5 Å². The van der Waals surface area contributed by atoms with Crippen molar-refractivity contribution < 1.29 is 9.47 Å². The van der Waals surface area contributed by atoms with Crippen LogP contribution in [0.2, 0.25) is 0 Å². The van der Waals surface area contributed by atoms with Gasteiger partial charge in [0, 0.05) is 30.5 Å². The number of benzene rings is 1. The second-order valence-corrected chi connectivity index (χ2v) is 4.21. The van der Waals surface area contributed by atoms with Gasteiger partial charge in [-0.05, 0) is 12.1 Å². The molecule has 2 aliphatic heterocycles. The molecule has 0 saturated carbocycles. The second kappa shape index (κ2) is 4.52. The van der Waals surface area contributed by atoms with Crippen LogP contribution in [0.25, 0.3) is 0 Å². The number of hydrogen-bond acceptors (Lipinski definition) is 3. The van der Waals surface area contributed by atoms with Gasteiger partial charge in [0.1, 0.15) is 11.5 Å². The van der Waals surface area contributed by atoms with Crippen LogP contribution in [0, 0.1) is 5.92 Å². The van der Waals surface area contributed by atoms with Crippen LogP contribution in [0.15, 0.2) is 18.2 Å². The van der Waals surface area contributed by atoms with E-state index in [2.05, 4.69) is 5.32 Å². The average molecular weight is 242 g/mol. The van der Waals surface area contributed by atoms with Crippen molar-refractivity contribution in [2.75, 3.05) is 26.8 Å². The highest BCUT2D eigenvalue weighted by Gasteiger charge is 2.36. The van der Waals surface area contributed by atoms with Crippen molar-refractivity contribution in [3.05, 3.63) is 23.8 Å². The zero-order valence-electron chi connectivity index (χ0n) is 9.23. The third-order valence-corrected chi connectivity index (χ3v) is 3.41. The molecule has 0 aromatic heterocycles. The Kier molecular flexibility index (Phi) is 3.26. The van der Waals surface area contributed by atoms with E-state index in [1.807, 2.05) is 18.2 Å². The molecule has 88 valence electrons. The molecule has 3 nitrogen and oxygen atoms in total. The molecular weight excluding hydrogens is 226 g/mol. The molecule has 4 heteroatoms. The summed E-state index contributed by atoms with van der Waals surface area (Å²) in [5.74, 6) is 3.13. The SMILES string of the molecule is COc1cccc2c1[C@H]1CNC[C@@H]1CO2.Cl. The average Bonchev–Trinajstić information content (AvgIpc) is 2.76. The molecule has 0 amide bonds. The highest BCUT2D eigenvalue weighted by Crippen LogP contribution is 2.43. The smallest absolute Gasteiger partial charge is 0.126 e. The normalized spacial score (nSPS) is 26.1. The Morgan fingerprint density at radius 1 is 1.38 bits per heavy atom. The van der Waals surface area contributed by atoms with E-state index in [9.17, 15) is 0 Å². The van der Waals surface area contributed by atoms with Gasteiger partial charge in [0.05, 0.1) is 13.7 Å². The first kappa shape index (κ1) is 11.6. The molecule has 0 unspecified atom stereocenters. The van der Waals surface area contributed by atoms with Crippen LogP contribution in [0.1, 0.15) is 11.5 Å². The number of ether oxygens (including phenoxy) is 2. The van der Waals surface area contributed by atoms with E-state index in [0.29, 0.717) is 11.8 Å². The molecule has 0 aliphatic carbocycles. The molecule has 1 N–H and O–H groups in total. The maximum atomic E-state index is 5.76. The molecule has 1 fully saturated rings. The summed E-state index contributed by atoms with van der Waals surface area (Å²) >= 11 is 0. The topological polar surface area (TPSA) is 30.5 Å². The fourth-order valence-electron chi connectivity index (χ4n) is 2.64. The van der Waals surface area contributed by atoms with Gasteiger partial charge in [-0.25, -0.2) is 0 Å². The summed E-state index contributed by atoms with van der Waals surface area (Å²) in [6.45, 7) is 2.93. The quantitative estimate of drug-likeness (QED) is 0.814. The first-order valence-corrected chi connectivity index (χ1v) is 5.40. The predicted octanol–water partition coefficient (Wildman–Crippen LogP) is 1.81. The number of fused-ring (bicyclic) bond motifs is 3. The fourth-order valence-corrected chi connectivity index (χ4v) is 2.64. The molecular formula is C12H16ClNO2. The summed E-state index contributed by atoms with van der Waals surface area (Å²) in [4.78, 5) is 0. The highest BCUT2D eigenvalue weighted by atomic mass is 35.5. The number of rotatable bonds is 1. The van der Waals surface area contributed by atoms with Crippen LogP contribution >= 0.6 is 12.4 Å². The minimum atomic E-state index is 0. The van der Waals surface area contributed by atoms with Crippen molar-refractivity contribution >= 4 is 12.4 Å². The third kappa shape index (κ3) is 1.64. The van der Waals surface area contributed by atoms with Crippen LogP contribution in [0.4, 0.5) is 0 Å². The predicted molar refractivity (Wildman–Crippen MR) is 64.8 cm³/mol. The third-order valence-electron chi connectivity index (χ3n) is 3.41. The minimum Gasteiger partial charge on any atom is -0.496 e. The van der Waals surface area contributed by atoms with Crippen LogP contribution in [0.3, 0.4) is 0 Å². The Balaban J connectivity index is 0.000000963. The second-order valence-electron chi connectivity index (χ2n) is 4.21. The van der Waals surface area contributed by atoms with Crippen LogP contribution in [0.5, 0.6) is 11.5 Å². The van der Waals surface area contributed by atoms with Gasteiger partial charge in [0.15, 0.2) is 0 Å². The van der Waals surface area contributed by atoms with E-state index >= 15 is 0 Å². The minimum absolute atomic E-state index is 0. The van der Waals surface area contributed by atoms with Crippen LogP contribution in [-0.2, 0) is 0 Å². The Labute approximate surface area is 102 Å². The molecule has 1 aromatic rings. The van der Waals surface area contributed by atoms with E-state index in [-0.39, 0.29) is 12.4 Å². The molecule has 3 rings (SSSR count). The van der Waals surface area contributed by atoms with Crippen molar-refractivity contribution in [2.24, 2.45) is 5.92 Å². The van der Waals surface area contributed by atoms with E-state index < -0.39 is 0 Å². The maximum Gasteiger partial charge on any atom is 0.126 e. The summed E-state index contributed by atoms with van der Waals surface area (Å²) in [5.41, 5.74) is 1.25. The zero-order valence-corrected chi connectivity index (χ0v) is 10.0. The summed E-state index contributed by atoms with van der Waals surface area (Å²) in [6.07, 6.45) is 0. The summed E-state index contributed by atoms with van der Waals surface area (Å²) in [5, 5.41) is 3.42. The summed E-state index contributed by atoms with van der Waals surface area (Å²) in [6, 6.07) is 6.04. The van der Waals surface area contributed by atoms with Gasteiger partial charge >= 0.3 is 0 Å². The number of halogens is 1. The summed E-state index contributed by atoms with van der Waals surface area (Å²) < 4.78 is 11.2. The number of hydrogen-bond donors (Lipinski definition) is 1. The molecule has 0 spiro atoms. The Morgan fingerprint density at radius 2 is 2.25 bits per heavy atom. The molecule has 0 bridgehead atoms. The Bertz CT molecular complexity index is 369. The molecule has 1 aromatic carbocycles. The lowest BCUT2D eigenvalue weighted by Crippen LogP contribution is -2.25. The van der Waals surface area contributed by atoms with E-state index in [1.165, 1.54) is 5.56 Å². The lowest BCUT2D eigenvalue weighted by molar-refractivity contribution is 0.215. The lowest BCUT2D eigenvalue weighted by Gasteiger charge is -2.29. The first-order chi connectivity index (χ1) is 7.40. The Morgan fingerprint density at radius 3 is 3.06 bits per heavy atom. The molecule has 2 atom stereocenters. The van der Waals surface area contributed by atoms with Crippen LogP contribution in [-0.4, -0.2) is 26.8 Å². The zero-order chi connectivity index (χ0) is 10.3. The lowest BCUT2D eigenvalue weighted by atomic mass is 9.86. The monoisotopic (exact) mass is 241 g/mol. The highest BCUT2D eigenvalue weighted by molar-refractivity contribution is 5.85.